The largest absolute Gasteiger partial charge is 0.336 e. The van der Waals surface area contributed by atoms with E-state index in [2.05, 4.69) is 10.2 Å². The molecule has 1 N–H and O–H groups in total. The Hall–Kier alpha value is -1.39. The van der Waals surface area contributed by atoms with Gasteiger partial charge in [-0.25, -0.2) is 0 Å². The van der Waals surface area contributed by atoms with E-state index < -0.39 is 0 Å². The van der Waals surface area contributed by atoms with Crippen LogP contribution in [0, 0.1) is 12.8 Å². The molecule has 5 heteroatoms. The number of rotatable bonds is 2. The van der Waals surface area contributed by atoms with E-state index in [1.165, 1.54) is 0 Å². The summed E-state index contributed by atoms with van der Waals surface area (Å²) in [5, 5.41) is 6.57. The lowest BCUT2D eigenvalue weighted by Gasteiger charge is -2.37. The molecule has 2 heterocycles. The minimum absolute atomic E-state index is 0.0268. The Morgan fingerprint density at radius 1 is 1.79 bits per heavy atom. The fraction of sp³-hybridized carbons (Fsp3) is 0.556. The molecule has 1 amide bonds. The summed E-state index contributed by atoms with van der Waals surface area (Å²) in [7, 11) is 0. The molecule has 1 aromatic heterocycles. The number of hydrogen-bond donors (Lipinski definition) is 1. The number of likely N-dealkylation sites (tertiary alicyclic amines) is 1. The molecule has 1 aliphatic rings. The van der Waals surface area contributed by atoms with Gasteiger partial charge in [0.25, 0.3) is 5.91 Å². The summed E-state index contributed by atoms with van der Waals surface area (Å²) < 4.78 is 12.1. The van der Waals surface area contributed by atoms with Gasteiger partial charge >= 0.3 is 0 Å². The van der Waals surface area contributed by atoms with E-state index in [0.29, 0.717) is 18.8 Å². The normalized spacial score (nSPS) is 16.9. The molecule has 0 spiro atoms. The van der Waals surface area contributed by atoms with Crippen LogP contribution >= 0.6 is 0 Å². The van der Waals surface area contributed by atoms with Crippen LogP contribution in [0.2, 0.25) is 0 Å². The molecule has 1 fully saturated rings. The topological polar surface area (TPSA) is 49.0 Å². The highest BCUT2D eigenvalue weighted by Gasteiger charge is 2.31. The lowest BCUT2D eigenvalue weighted by molar-refractivity contribution is 0.0447. The number of nitrogens with one attached hydrogen (secondary N) is 1. The second-order valence-corrected chi connectivity index (χ2v) is 3.67. The first-order valence-corrected chi connectivity index (χ1v) is 4.58. The van der Waals surface area contributed by atoms with Crippen molar-refractivity contribution in [3.05, 3.63) is 17.5 Å². The Labute approximate surface area is 81.1 Å². The molecule has 1 saturated heterocycles. The number of aryl methyl sites for hydroxylation is 1. The fourth-order valence-electron chi connectivity index (χ4n) is 1.52. The Balaban J connectivity index is 1.97. The number of hydrogen-bond acceptors (Lipinski definition) is 2. The highest BCUT2D eigenvalue weighted by atomic mass is 19.1. The fourth-order valence-corrected chi connectivity index (χ4v) is 1.52. The third-order valence-corrected chi connectivity index (χ3v) is 2.39. The molecule has 76 valence electrons. The predicted octanol–water partition coefficient (Wildman–Crippen LogP) is 0.760. The number of H-pyrrole nitrogens is 1. The summed E-state index contributed by atoms with van der Waals surface area (Å²) in [6, 6.07) is 1.70. The first-order chi connectivity index (χ1) is 6.70. The number of halogens is 1. The molecule has 0 aromatic carbocycles. The minimum Gasteiger partial charge on any atom is -0.336 e. The first-order valence-electron chi connectivity index (χ1n) is 4.58. The van der Waals surface area contributed by atoms with E-state index >= 15 is 0 Å². The van der Waals surface area contributed by atoms with Crippen LogP contribution in [-0.4, -0.2) is 40.8 Å². The van der Waals surface area contributed by atoms with Crippen LogP contribution in [0.3, 0.4) is 0 Å². The molecule has 1 aromatic rings. The van der Waals surface area contributed by atoms with Crippen LogP contribution in [0.1, 0.15) is 16.2 Å². The van der Waals surface area contributed by atoms with Crippen molar-refractivity contribution in [2.45, 2.75) is 6.92 Å². The van der Waals surface area contributed by atoms with Crippen molar-refractivity contribution in [3.63, 3.8) is 0 Å². The molecular formula is C9H12FN3O. The van der Waals surface area contributed by atoms with Crippen LogP contribution in [0.4, 0.5) is 4.39 Å². The lowest BCUT2D eigenvalue weighted by Crippen LogP contribution is -2.50. The smallest absolute Gasteiger partial charge is 0.274 e. The third-order valence-electron chi connectivity index (χ3n) is 2.39. The second kappa shape index (κ2) is 3.40. The first kappa shape index (κ1) is 9.18. The number of carbonyl (C=O) groups excluding carboxylic acids is 1. The van der Waals surface area contributed by atoms with Gasteiger partial charge in [0.2, 0.25) is 0 Å². The van der Waals surface area contributed by atoms with Crippen molar-refractivity contribution in [1.82, 2.24) is 15.1 Å². The number of alkyl halides is 1. The van der Waals surface area contributed by atoms with E-state index in [-0.39, 0.29) is 18.5 Å². The van der Waals surface area contributed by atoms with E-state index in [1.807, 2.05) is 6.92 Å². The predicted molar refractivity (Wildman–Crippen MR) is 48.7 cm³/mol. The van der Waals surface area contributed by atoms with Crippen LogP contribution in [0.25, 0.3) is 0 Å². The van der Waals surface area contributed by atoms with Gasteiger partial charge in [0.1, 0.15) is 5.69 Å². The maximum absolute atomic E-state index is 12.1. The SMILES string of the molecule is Cc1cc(C(=O)N2CC(CF)C2)n[nH]1. The summed E-state index contributed by atoms with van der Waals surface area (Å²) in [4.78, 5) is 13.2. The van der Waals surface area contributed by atoms with Gasteiger partial charge in [-0.15, -0.1) is 0 Å². The second-order valence-electron chi connectivity index (χ2n) is 3.67. The van der Waals surface area contributed by atoms with E-state index in [1.54, 1.807) is 11.0 Å². The van der Waals surface area contributed by atoms with Gasteiger partial charge in [-0.05, 0) is 13.0 Å². The molecule has 0 aliphatic carbocycles. The molecule has 1 aliphatic heterocycles. The van der Waals surface area contributed by atoms with Crippen molar-refractivity contribution >= 4 is 5.91 Å². The minimum atomic E-state index is -0.344. The maximum atomic E-state index is 12.1. The number of aromatic nitrogens is 2. The van der Waals surface area contributed by atoms with Gasteiger partial charge in [-0.2, -0.15) is 5.10 Å². The van der Waals surface area contributed by atoms with E-state index in [9.17, 15) is 9.18 Å². The van der Waals surface area contributed by atoms with Gasteiger partial charge in [-0.3, -0.25) is 14.3 Å². The van der Waals surface area contributed by atoms with Crippen LogP contribution in [0.15, 0.2) is 6.07 Å². The Bertz CT molecular complexity index is 344. The molecule has 0 atom stereocenters. The van der Waals surface area contributed by atoms with E-state index in [0.717, 1.165) is 5.69 Å². The third kappa shape index (κ3) is 1.49. The monoisotopic (exact) mass is 197 g/mol. The van der Waals surface area contributed by atoms with Crippen molar-refractivity contribution in [3.8, 4) is 0 Å². The lowest BCUT2D eigenvalue weighted by atomic mass is 10.0. The number of amides is 1. The van der Waals surface area contributed by atoms with Gasteiger partial charge in [0.05, 0.1) is 6.67 Å². The average Bonchev–Trinajstić information content (AvgIpc) is 2.49. The molecule has 0 radical (unpaired) electrons. The summed E-state index contributed by atoms with van der Waals surface area (Å²) in [5.74, 6) is -0.0851. The highest BCUT2D eigenvalue weighted by molar-refractivity contribution is 5.92. The molecule has 14 heavy (non-hydrogen) atoms. The Morgan fingerprint density at radius 2 is 2.50 bits per heavy atom. The van der Waals surface area contributed by atoms with Crippen molar-refractivity contribution in [1.29, 1.82) is 0 Å². The van der Waals surface area contributed by atoms with E-state index in [4.69, 9.17) is 0 Å². The Kier molecular flexibility index (Phi) is 2.23. The summed E-state index contributed by atoms with van der Waals surface area (Å²) in [5.41, 5.74) is 1.27. The summed E-state index contributed by atoms with van der Waals surface area (Å²) in [6.07, 6.45) is 0. The molecule has 4 nitrogen and oxygen atoms in total. The van der Waals surface area contributed by atoms with Gasteiger partial charge in [0, 0.05) is 24.7 Å². The van der Waals surface area contributed by atoms with Gasteiger partial charge in [-0.1, -0.05) is 0 Å². The number of nitrogens with zero attached hydrogens (tertiary/aromatic N) is 2. The van der Waals surface area contributed by atoms with Gasteiger partial charge < -0.3 is 4.90 Å². The zero-order chi connectivity index (χ0) is 10.1. The summed E-state index contributed by atoms with van der Waals surface area (Å²) in [6.45, 7) is 2.52. The zero-order valence-electron chi connectivity index (χ0n) is 7.96. The molecule has 0 unspecified atom stereocenters. The summed E-state index contributed by atoms with van der Waals surface area (Å²) >= 11 is 0. The Morgan fingerprint density at radius 3 is 3.00 bits per heavy atom. The van der Waals surface area contributed by atoms with Crippen molar-refractivity contribution in [2.24, 2.45) is 5.92 Å². The van der Waals surface area contributed by atoms with Crippen LogP contribution < -0.4 is 0 Å². The number of aromatic amines is 1. The van der Waals surface area contributed by atoms with Crippen molar-refractivity contribution in [2.75, 3.05) is 19.8 Å². The standard InChI is InChI=1S/C9H12FN3O/c1-6-2-8(12-11-6)9(14)13-4-7(3-10)5-13/h2,7H,3-5H2,1H3,(H,11,12). The van der Waals surface area contributed by atoms with Crippen LogP contribution in [-0.2, 0) is 0 Å². The van der Waals surface area contributed by atoms with Gasteiger partial charge in [0.15, 0.2) is 0 Å². The average molecular weight is 197 g/mol. The zero-order valence-corrected chi connectivity index (χ0v) is 7.96. The molecule has 0 bridgehead atoms. The number of carbonyl (C=O) groups is 1. The molecule has 2 rings (SSSR count). The maximum Gasteiger partial charge on any atom is 0.274 e. The quantitative estimate of drug-likeness (QED) is 0.760. The molecule has 0 saturated carbocycles. The molecular weight excluding hydrogens is 185 g/mol. The highest BCUT2D eigenvalue weighted by Crippen LogP contribution is 2.18. The van der Waals surface area contributed by atoms with Crippen LogP contribution in [0.5, 0.6) is 0 Å². The van der Waals surface area contributed by atoms with Crippen molar-refractivity contribution < 1.29 is 9.18 Å².